The van der Waals surface area contributed by atoms with Crippen LogP contribution in [0.15, 0.2) is 40.2 Å². The van der Waals surface area contributed by atoms with Crippen LogP contribution >= 0.6 is 0 Å². The van der Waals surface area contributed by atoms with E-state index in [1.807, 2.05) is 6.20 Å². The molecular formula is C13H19NRu. The Kier molecular flexibility index (Phi) is 5.64. The number of rotatable bonds is 5. The molecule has 15 heavy (non-hydrogen) atoms. The van der Waals surface area contributed by atoms with E-state index >= 15 is 0 Å². The van der Waals surface area contributed by atoms with Gasteiger partial charge in [0, 0.05) is 0 Å². The second kappa shape index (κ2) is 6.79. The Bertz CT molecular complexity index is 333. The van der Waals surface area contributed by atoms with Gasteiger partial charge in [0.05, 0.1) is 0 Å². The molecule has 0 aliphatic carbocycles. The van der Waals surface area contributed by atoms with Crippen LogP contribution in [0.3, 0.4) is 0 Å². The number of H-pyrrole nitrogens is 1. The molecule has 0 unspecified atom stereocenters. The first kappa shape index (κ1) is 12.5. The first-order valence-electron chi connectivity index (χ1n) is 5.41. The van der Waals surface area contributed by atoms with Crippen molar-refractivity contribution in [3.63, 3.8) is 0 Å². The van der Waals surface area contributed by atoms with Crippen LogP contribution < -0.4 is 4.29 Å². The Morgan fingerprint density at radius 3 is 2.67 bits per heavy atom. The molecule has 0 aliphatic rings. The summed E-state index contributed by atoms with van der Waals surface area (Å²) in [5.74, 6) is 0. The molecule has 0 radical (unpaired) electrons. The fourth-order valence-electron chi connectivity index (χ4n) is 1.26. The molecular weight excluding hydrogens is 271 g/mol. The number of aromatic nitrogens is 1. The molecule has 1 heterocycles. The van der Waals surface area contributed by atoms with Gasteiger partial charge in [-0.15, -0.1) is 0 Å². The van der Waals surface area contributed by atoms with E-state index in [-0.39, 0.29) is 17.1 Å². The molecule has 0 atom stereocenters. The van der Waals surface area contributed by atoms with Crippen molar-refractivity contribution in [2.75, 3.05) is 0 Å². The first-order chi connectivity index (χ1) is 7.30. The van der Waals surface area contributed by atoms with Crippen LogP contribution in [0.5, 0.6) is 0 Å². The quantitative estimate of drug-likeness (QED) is 0.632. The SMILES string of the molecule is CC=C(C=[C](CC)[Ru][c]1ccc[nH]1)CC. The van der Waals surface area contributed by atoms with E-state index in [0.29, 0.717) is 0 Å². The van der Waals surface area contributed by atoms with Crippen LogP contribution in [0.25, 0.3) is 0 Å². The molecule has 0 aliphatic heterocycles. The van der Waals surface area contributed by atoms with E-state index < -0.39 is 0 Å². The molecule has 1 nitrogen and oxygen atoms in total. The summed E-state index contributed by atoms with van der Waals surface area (Å²) in [4.78, 5) is 3.29. The van der Waals surface area contributed by atoms with Crippen molar-refractivity contribution < 1.29 is 17.1 Å². The zero-order chi connectivity index (χ0) is 11.1. The number of nitrogens with one attached hydrogen (secondary N) is 1. The van der Waals surface area contributed by atoms with Crippen LogP contribution in [-0.2, 0) is 17.1 Å². The maximum atomic E-state index is 3.29. The van der Waals surface area contributed by atoms with Gasteiger partial charge >= 0.3 is 100 Å². The topological polar surface area (TPSA) is 15.8 Å². The zero-order valence-electron chi connectivity index (χ0n) is 9.65. The Hall–Kier alpha value is -0.617. The third-order valence-electron chi connectivity index (χ3n) is 2.21. The number of aromatic amines is 1. The van der Waals surface area contributed by atoms with Crippen molar-refractivity contribution >= 4 is 4.29 Å². The number of hydrogen-bond acceptors (Lipinski definition) is 0. The van der Waals surface area contributed by atoms with Gasteiger partial charge in [0.1, 0.15) is 0 Å². The van der Waals surface area contributed by atoms with Crippen LogP contribution in [0.2, 0.25) is 0 Å². The van der Waals surface area contributed by atoms with Crippen molar-refractivity contribution in [3.05, 3.63) is 40.2 Å². The maximum absolute atomic E-state index is 3.29. The summed E-state index contributed by atoms with van der Waals surface area (Å²) in [7, 11) is 0. The molecule has 84 valence electrons. The molecule has 0 fully saturated rings. The summed E-state index contributed by atoms with van der Waals surface area (Å²) < 4.78 is 2.97. The normalized spacial score (nSPS) is 13.5. The van der Waals surface area contributed by atoms with Gasteiger partial charge in [0.25, 0.3) is 0 Å². The zero-order valence-corrected chi connectivity index (χ0v) is 11.4. The molecule has 0 bridgehead atoms. The summed E-state index contributed by atoms with van der Waals surface area (Å²) >= 11 is 0.204. The van der Waals surface area contributed by atoms with Gasteiger partial charge in [-0.25, -0.2) is 0 Å². The summed E-state index contributed by atoms with van der Waals surface area (Å²) in [5.41, 5.74) is 1.45. The number of hydrogen-bond donors (Lipinski definition) is 1. The second-order valence-corrected chi connectivity index (χ2v) is 5.73. The first-order valence-corrected chi connectivity index (χ1v) is 7.15. The van der Waals surface area contributed by atoms with Crippen molar-refractivity contribution in [1.82, 2.24) is 4.98 Å². The van der Waals surface area contributed by atoms with Gasteiger partial charge in [-0.05, 0) is 0 Å². The third-order valence-corrected chi connectivity index (χ3v) is 4.64. The van der Waals surface area contributed by atoms with Crippen molar-refractivity contribution in [3.8, 4) is 0 Å². The van der Waals surface area contributed by atoms with Gasteiger partial charge in [0.2, 0.25) is 0 Å². The average Bonchev–Trinajstić information content (AvgIpc) is 2.76. The van der Waals surface area contributed by atoms with Crippen LogP contribution in [0, 0.1) is 0 Å². The van der Waals surface area contributed by atoms with Crippen molar-refractivity contribution in [2.24, 2.45) is 0 Å². The Morgan fingerprint density at radius 2 is 2.20 bits per heavy atom. The minimum atomic E-state index is 0.204. The van der Waals surface area contributed by atoms with Gasteiger partial charge in [-0.1, -0.05) is 0 Å². The van der Waals surface area contributed by atoms with E-state index in [2.05, 4.69) is 50.0 Å². The molecule has 2 heteroatoms. The standard InChI is InChI=1S/C9H15.C4H4N.Ru/c1-4-7-8-9(5-2)6-3;1-2-4-5-3-1;/h5,8H,4,6H2,1-3H3;1-3,5H;. The molecule has 0 saturated carbocycles. The minimum absolute atomic E-state index is 0.204. The molecule has 1 N–H and O–H groups in total. The molecule has 0 saturated heterocycles. The summed E-state index contributed by atoms with van der Waals surface area (Å²) in [6.07, 6.45) is 8.89. The van der Waals surface area contributed by atoms with E-state index in [9.17, 15) is 0 Å². The van der Waals surface area contributed by atoms with Gasteiger partial charge < -0.3 is 0 Å². The molecule has 0 spiro atoms. The monoisotopic (exact) mass is 291 g/mol. The Morgan fingerprint density at radius 1 is 1.40 bits per heavy atom. The fourth-order valence-corrected chi connectivity index (χ4v) is 3.20. The molecule has 1 aromatic rings. The third kappa shape index (κ3) is 4.17. The summed E-state index contributed by atoms with van der Waals surface area (Å²) in [6.45, 7) is 6.57. The van der Waals surface area contributed by atoms with Crippen molar-refractivity contribution in [1.29, 1.82) is 0 Å². The van der Waals surface area contributed by atoms with Crippen molar-refractivity contribution in [2.45, 2.75) is 33.6 Å². The van der Waals surface area contributed by atoms with Crippen LogP contribution in [-0.4, -0.2) is 4.98 Å². The van der Waals surface area contributed by atoms with E-state index in [4.69, 9.17) is 0 Å². The number of allylic oxidation sites excluding steroid dienone is 4. The summed E-state index contributed by atoms with van der Waals surface area (Å²) in [6, 6.07) is 4.26. The molecule has 1 aromatic heterocycles. The van der Waals surface area contributed by atoms with Crippen LogP contribution in [0.4, 0.5) is 0 Å². The van der Waals surface area contributed by atoms with E-state index in [1.54, 1.807) is 4.17 Å². The Balaban J connectivity index is 2.71. The van der Waals surface area contributed by atoms with Crippen LogP contribution in [0.1, 0.15) is 33.6 Å². The second-order valence-electron chi connectivity index (χ2n) is 3.24. The molecule has 0 aromatic carbocycles. The average molecular weight is 290 g/mol. The molecule has 1 rings (SSSR count). The Labute approximate surface area is 100 Å². The van der Waals surface area contributed by atoms with Gasteiger partial charge in [0.15, 0.2) is 0 Å². The summed E-state index contributed by atoms with van der Waals surface area (Å²) in [5, 5.41) is 0. The van der Waals surface area contributed by atoms with Gasteiger partial charge in [-0.2, -0.15) is 0 Å². The predicted molar refractivity (Wildman–Crippen MR) is 62.8 cm³/mol. The van der Waals surface area contributed by atoms with E-state index in [0.717, 1.165) is 12.8 Å². The fraction of sp³-hybridized carbons (Fsp3) is 0.385. The molecule has 0 amide bonds. The van der Waals surface area contributed by atoms with Gasteiger partial charge in [-0.3, -0.25) is 0 Å². The van der Waals surface area contributed by atoms with E-state index in [1.165, 1.54) is 9.86 Å². The predicted octanol–water partition coefficient (Wildman–Crippen LogP) is 3.37.